The van der Waals surface area contributed by atoms with E-state index in [1.165, 1.54) is 60.7 Å². The molecule has 0 spiro atoms. The lowest BCUT2D eigenvalue weighted by atomic mass is 9.74. The Morgan fingerprint density at radius 3 is 1.38 bits per heavy atom. The normalized spacial score (nSPS) is 10.3. The van der Waals surface area contributed by atoms with Gasteiger partial charge in [0.05, 0.1) is 24.6 Å². The summed E-state index contributed by atoms with van der Waals surface area (Å²) in [4.78, 5) is 54.2. The number of esters is 2. The van der Waals surface area contributed by atoms with Crippen molar-refractivity contribution in [2.24, 2.45) is 9.98 Å². The fourth-order valence-corrected chi connectivity index (χ4v) is 2.88. The largest absolute Gasteiger partial charge is 0.465 e. The highest BCUT2D eigenvalue weighted by Gasteiger charge is 2.52. The quantitative estimate of drug-likeness (QED) is 0.294. The highest BCUT2D eigenvalue weighted by molar-refractivity contribution is 6.10. The van der Waals surface area contributed by atoms with Gasteiger partial charge < -0.3 is 9.47 Å². The molecule has 2 aromatic rings. The third kappa shape index (κ3) is 4.35. The maximum absolute atomic E-state index is 13.1. The van der Waals surface area contributed by atoms with Crippen LogP contribution >= 0.6 is 0 Å². The standard InChI is InChI=1S/C21H18N2O6/c1-3-28-19(26)21(20(27)29-4-2,15-5-9-17(10-6-15)22-13-24)16-7-11-18(12-8-16)23-14-25/h5-12H,3-4H2,1-2H3. The molecular formula is C21H18N2O6. The van der Waals surface area contributed by atoms with E-state index in [0.717, 1.165) is 0 Å². The zero-order chi connectivity index (χ0) is 21.3. The molecule has 2 rings (SSSR count). The number of hydrogen-bond acceptors (Lipinski definition) is 8. The molecule has 0 aliphatic heterocycles. The van der Waals surface area contributed by atoms with Gasteiger partial charge in [-0.2, -0.15) is 9.98 Å². The van der Waals surface area contributed by atoms with Crippen molar-refractivity contribution in [2.45, 2.75) is 19.3 Å². The molecule has 29 heavy (non-hydrogen) atoms. The summed E-state index contributed by atoms with van der Waals surface area (Å²) in [5.74, 6) is -1.64. The number of isocyanates is 2. The molecule has 148 valence electrons. The lowest BCUT2D eigenvalue weighted by Gasteiger charge is -2.30. The molecule has 0 amide bonds. The van der Waals surface area contributed by atoms with Crippen LogP contribution in [0, 0.1) is 0 Å². The molecule has 0 unspecified atom stereocenters. The zero-order valence-electron chi connectivity index (χ0n) is 15.9. The maximum Gasteiger partial charge on any atom is 0.332 e. The predicted octanol–water partition coefficient (Wildman–Crippen LogP) is 3.03. The summed E-state index contributed by atoms with van der Waals surface area (Å²) < 4.78 is 10.5. The molecule has 2 aromatic carbocycles. The van der Waals surface area contributed by atoms with Crippen molar-refractivity contribution in [3.8, 4) is 0 Å². The van der Waals surface area contributed by atoms with E-state index in [-0.39, 0.29) is 24.3 Å². The first-order chi connectivity index (χ1) is 14.0. The summed E-state index contributed by atoms with van der Waals surface area (Å²) in [6.45, 7) is 3.33. The van der Waals surface area contributed by atoms with Crippen molar-refractivity contribution >= 4 is 35.5 Å². The van der Waals surface area contributed by atoms with E-state index in [0.29, 0.717) is 11.4 Å². The molecule has 0 bridgehead atoms. The number of nitrogens with zero attached hydrogens (tertiary/aromatic N) is 2. The Labute approximate surface area is 166 Å². The average Bonchev–Trinajstić information content (AvgIpc) is 2.72. The van der Waals surface area contributed by atoms with Gasteiger partial charge >= 0.3 is 11.9 Å². The Balaban J connectivity index is 2.77. The topological polar surface area (TPSA) is 111 Å². The molecule has 0 atom stereocenters. The summed E-state index contributed by atoms with van der Waals surface area (Å²) in [6, 6.07) is 11.8. The molecule has 0 N–H and O–H groups in total. The van der Waals surface area contributed by atoms with Gasteiger partial charge in [-0.05, 0) is 49.2 Å². The van der Waals surface area contributed by atoms with Crippen molar-refractivity contribution in [1.82, 2.24) is 0 Å². The molecule has 0 aliphatic carbocycles. The minimum atomic E-state index is -1.92. The number of benzene rings is 2. The minimum absolute atomic E-state index is 0.0427. The summed E-state index contributed by atoms with van der Waals surface area (Å²) in [5.41, 5.74) is -0.766. The Morgan fingerprint density at radius 1 is 0.759 bits per heavy atom. The van der Waals surface area contributed by atoms with E-state index in [2.05, 4.69) is 9.98 Å². The van der Waals surface area contributed by atoms with Gasteiger partial charge in [-0.1, -0.05) is 24.3 Å². The first-order valence-electron chi connectivity index (χ1n) is 8.75. The zero-order valence-corrected chi connectivity index (χ0v) is 15.9. The summed E-state index contributed by atoms with van der Waals surface area (Å²) in [6.07, 6.45) is 2.86. The van der Waals surface area contributed by atoms with Crippen molar-refractivity contribution in [3.63, 3.8) is 0 Å². The molecule has 8 heteroatoms. The molecule has 0 radical (unpaired) electrons. The van der Waals surface area contributed by atoms with Gasteiger partial charge in [0.25, 0.3) is 0 Å². The number of ether oxygens (including phenoxy) is 2. The van der Waals surface area contributed by atoms with Gasteiger partial charge in [0, 0.05) is 0 Å². The van der Waals surface area contributed by atoms with Crippen LogP contribution in [0.1, 0.15) is 25.0 Å². The fourth-order valence-electron chi connectivity index (χ4n) is 2.88. The molecule has 0 saturated carbocycles. The number of carbonyl (C=O) groups excluding carboxylic acids is 4. The summed E-state index contributed by atoms with van der Waals surface area (Å²) in [7, 11) is 0. The van der Waals surface area contributed by atoms with Crippen LogP contribution in [-0.2, 0) is 34.1 Å². The van der Waals surface area contributed by atoms with Gasteiger partial charge in [0.15, 0.2) is 0 Å². The second-order valence-electron chi connectivity index (χ2n) is 5.69. The van der Waals surface area contributed by atoms with Gasteiger partial charge in [-0.3, -0.25) is 9.59 Å². The predicted molar refractivity (Wildman–Crippen MR) is 102 cm³/mol. The first kappa shape index (κ1) is 21.4. The Kier molecular flexibility index (Phi) is 7.32. The number of carbonyl (C=O) groups is 2. The molecule has 0 fully saturated rings. The molecule has 0 saturated heterocycles. The van der Waals surface area contributed by atoms with Crippen molar-refractivity contribution in [3.05, 3.63) is 59.7 Å². The third-order valence-electron chi connectivity index (χ3n) is 4.11. The van der Waals surface area contributed by atoms with Gasteiger partial charge in [-0.15, -0.1) is 0 Å². The summed E-state index contributed by atoms with van der Waals surface area (Å²) in [5, 5.41) is 0. The minimum Gasteiger partial charge on any atom is -0.465 e. The third-order valence-corrected chi connectivity index (χ3v) is 4.11. The van der Waals surface area contributed by atoms with Crippen LogP contribution in [0.15, 0.2) is 58.5 Å². The van der Waals surface area contributed by atoms with E-state index < -0.39 is 17.4 Å². The average molecular weight is 394 g/mol. The Morgan fingerprint density at radius 2 is 1.10 bits per heavy atom. The van der Waals surface area contributed by atoms with Crippen LogP contribution in [0.3, 0.4) is 0 Å². The number of aliphatic imine (C=N–C) groups is 2. The monoisotopic (exact) mass is 394 g/mol. The van der Waals surface area contributed by atoms with Gasteiger partial charge in [0.1, 0.15) is 0 Å². The van der Waals surface area contributed by atoms with Gasteiger partial charge in [-0.25, -0.2) is 9.59 Å². The van der Waals surface area contributed by atoms with Crippen LogP contribution in [-0.4, -0.2) is 37.3 Å². The molecular weight excluding hydrogens is 376 g/mol. The fraction of sp³-hybridized carbons (Fsp3) is 0.238. The lowest BCUT2D eigenvalue weighted by molar-refractivity contribution is -0.162. The summed E-state index contributed by atoms with van der Waals surface area (Å²) >= 11 is 0. The van der Waals surface area contributed by atoms with Crippen molar-refractivity contribution < 1.29 is 28.7 Å². The van der Waals surface area contributed by atoms with E-state index in [1.54, 1.807) is 13.8 Å². The molecule has 0 heterocycles. The van der Waals surface area contributed by atoms with E-state index in [9.17, 15) is 19.2 Å². The van der Waals surface area contributed by atoms with Crippen molar-refractivity contribution in [2.75, 3.05) is 13.2 Å². The van der Waals surface area contributed by atoms with Crippen LogP contribution in [0.5, 0.6) is 0 Å². The van der Waals surface area contributed by atoms with Crippen LogP contribution in [0.25, 0.3) is 0 Å². The molecule has 8 nitrogen and oxygen atoms in total. The number of hydrogen-bond donors (Lipinski definition) is 0. The highest BCUT2D eigenvalue weighted by Crippen LogP contribution is 2.37. The van der Waals surface area contributed by atoms with E-state index >= 15 is 0 Å². The second kappa shape index (κ2) is 9.90. The highest BCUT2D eigenvalue weighted by atomic mass is 16.6. The van der Waals surface area contributed by atoms with E-state index in [4.69, 9.17) is 9.47 Å². The molecule has 0 aliphatic rings. The Hall–Kier alpha value is -3.86. The van der Waals surface area contributed by atoms with Crippen LogP contribution in [0.2, 0.25) is 0 Å². The van der Waals surface area contributed by atoms with Crippen LogP contribution < -0.4 is 0 Å². The van der Waals surface area contributed by atoms with Gasteiger partial charge in [0.2, 0.25) is 17.6 Å². The second-order valence-corrected chi connectivity index (χ2v) is 5.69. The van der Waals surface area contributed by atoms with E-state index in [1.807, 2.05) is 0 Å². The SMILES string of the molecule is CCOC(=O)C(C(=O)OCC)(c1ccc(N=C=O)cc1)c1ccc(N=C=O)cc1. The lowest BCUT2D eigenvalue weighted by Crippen LogP contribution is -2.47. The smallest absolute Gasteiger partial charge is 0.332 e. The van der Waals surface area contributed by atoms with Crippen LogP contribution in [0.4, 0.5) is 11.4 Å². The maximum atomic E-state index is 13.1. The molecule has 0 aromatic heterocycles. The first-order valence-corrected chi connectivity index (χ1v) is 8.75. The van der Waals surface area contributed by atoms with Crippen molar-refractivity contribution in [1.29, 1.82) is 0 Å². The number of rotatable bonds is 8. The Bertz CT molecular complexity index is 888.